The molecule has 0 fully saturated rings. The average Bonchev–Trinajstić information content (AvgIpc) is 3.38. The molecule has 0 aliphatic carbocycles. The molecule has 0 aliphatic heterocycles. The largest absolute Gasteiger partial charge is 0.462 e. The lowest BCUT2D eigenvalue weighted by atomic mass is 10.1. The van der Waals surface area contributed by atoms with E-state index in [9.17, 15) is 14.4 Å². The number of carbonyl (C=O) groups is 3. The molecular formula is C66H110O6. The first-order valence-corrected chi connectivity index (χ1v) is 29.9. The van der Waals surface area contributed by atoms with Gasteiger partial charge in [0.05, 0.1) is 0 Å². The van der Waals surface area contributed by atoms with Crippen molar-refractivity contribution < 1.29 is 28.6 Å². The molecule has 0 saturated heterocycles. The van der Waals surface area contributed by atoms with Crippen LogP contribution in [0.25, 0.3) is 0 Å². The molecule has 0 rings (SSSR count). The lowest BCUT2D eigenvalue weighted by Gasteiger charge is -2.18. The highest BCUT2D eigenvalue weighted by molar-refractivity contribution is 5.71. The van der Waals surface area contributed by atoms with Gasteiger partial charge in [-0.3, -0.25) is 14.4 Å². The summed E-state index contributed by atoms with van der Waals surface area (Å²) in [6, 6.07) is 0. The Morgan fingerprint density at radius 3 is 0.847 bits per heavy atom. The number of hydrogen-bond donors (Lipinski definition) is 0. The van der Waals surface area contributed by atoms with Crippen molar-refractivity contribution in [2.24, 2.45) is 0 Å². The van der Waals surface area contributed by atoms with Gasteiger partial charge in [0, 0.05) is 19.3 Å². The number of rotatable bonds is 53. The molecular weight excluding hydrogens is 889 g/mol. The van der Waals surface area contributed by atoms with Gasteiger partial charge in [0.1, 0.15) is 13.2 Å². The van der Waals surface area contributed by atoms with Crippen molar-refractivity contribution in [3.8, 4) is 0 Å². The Balaban J connectivity index is 4.38. The van der Waals surface area contributed by atoms with Crippen LogP contribution in [0.3, 0.4) is 0 Å². The SMILES string of the molecule is CC/C=C\C/C=C\C/C=C\C/C=C\CCCCCCCCCCCCC(=O)OCC(COC(=O)CCCCCCC/C=C\C/C=C\CCCC)OC(=O)CCCCCCCCC/C=C\C/C=C\C/C=C\CC. The Labute approximate surface area is 444 Å². The molecule has 1 unspecified atom stereocenters. The molecule has 6 heteroatoms. The Morgan fingerprint density at radius 1 is 0.292 bits per heavy atom. The van der Waals surface area contributed by atoms with Crippen LogP contribution in [-0.4, -0.2) is 37.2 Å². The summed E-state index contributed by atoms with van der Waals surface area (Å²) < 4.78 is 16.9. The normalized spacial score (nSPS) is 12.9. The zero-order valence-corrected chi connectivity index (χ0v) is 46.9. The van der Waals surface area contributed by atoms with Crippen LogP contribution in [0.15, 0.2) is 109 Å². The average molecular weight is 1000 g/mol. The summed E-state index contributed by atoms with van der Waals surface area (Å²) in [5.74, 6) is -0.915. The fraction of sp³-hybridized carbons (Fsp3) is 0.682. The molecule has 72 heavy (non-hydrogen) atoms. The topological polar surface area (TPSA) is 78.9 Å². The molecule has 0 N–H and O–H groups in total. The van der Waals surface area contributed by atoms with Crippen molar-refractivity contribution >= 4 is 17.9 Å². The second-order valence-corrected chi connectivity index (χ2v) is 19.5. The maximum Gasteiger partial charge on any atom is 0.306 e. The Bertz CT molecular complexity index is 1470. The van der Waals surface area contributed by atoms with Crippen LogP contribution < -0.4 is 0 Å². The van der Waals surface area contributed by atoms with Crippen LogP contribution in [0.4, 0.5) is 0 Å². The van der Waals surface area contributed by atoms with Gasteiger partial charge in [0.25, 0.3) is 0 Å². The molecule has 0 bridgehead atoms. The smallest absolute Gasteiger partial charge is 0.306 e. The molecule has 6 nitrogen and oxygen atoms in total. The van der Waals surface area contributed by atoms with Crippen molar-refractivity contribution in [2.75, 3.05) is 13.2 Å². The van der Waals surface area contributed by atoms with Gasteiger partial charge in [-0.2, -0.15) is 0 Å². The molecule has 0 saturated carbocycles. The Kier molecular flexibility index (Phi) is 56.4. The van der Waals surface area contributed by atoms with Crippen molar-refractivity contribution in [3.63, 3.8) is 0 Å². The first-order chi connectivity index (χ1) is 35.5. The lowest BCUT2D eigenvalue weighted by molar-refractivity contribution is -0.167. The minimum atomic E-state index is -0.793. The maximum atomic E-state index is 12.9. The van der Waals surface area contributed by atoms with Crippen molar-refractivity contribution in [1.82, 2.24) is 0 Å². The highest BCUT2D eigenvalue weighted by Gasteiger charge is 2.19. The molecule has 410 valence electrons. The van der Waals surface area contributed by atoms with Crippen LogP contribution >= 0.6 is 0 Å². The van der Waals surface area contributed by atoms with E-state index in [1.165, 1.54) is 96.3 Å². The second-order valence-electron chi connectivity index (χ2n) is 19.5. The van der Waals surface area contributed by atoms with Crippen LogP contribution in [0.5, 0.6) is 0 Å². The molecule has 1 atom stereocenters. The highest BCUT2D eigenvalue weighted by atomic mass is 16.6. The van der Waals surface area contributed by atoms with Crippen LogP contribution in [0.1, 0.15) is 271 Å². The first-order valence-electron chi connectivity index (χ1n) is 29.9. The first kappa shape index (κ1) is 68.1. The number of unbranched alkanes of at least 4 members (excludes halogenated alkanes) is 24. The van der Waals surface area contributed by atoms with Crippen LogP contribution in [0.2, 0.25) is 0 Å². The summed E-state index contributed by atoms with van der Waals surface area (Å²) in [7, 11) is 0. The molecule has 0 aromatic rings. The number of hydrogen-bond acceptors (Lipinski definition) is 6. The zero-order chi connectivity index (χ0) is 52.2. The van der Waals surface area contributed by atoms with Crippen molar-refractivity contribution in [2.45, 2.75) is 277 Å². The van der Waals surface area contributed by atoms with E-state index in [2.05, 4.69) is 130 Å². The quantitative estimate of drug-likeness (QED) is 0.0261. The molecule has 0 amide bonds. The summed E-state index contributed by atoms with van der Waals surface area (Å²) in [6.07, 6.45) is 80.8. The third kappa shape index (κ3) is 57.0. The number of ether oxygens (including phenoxy) is 3. The number of esters is 3. The number of allylic oxidation sites excluding steroid dienone is 18. The van der Waals surface area contributed by atoms with Crippen LogP contribution in [0, 0.1) is 0 Å². The van der Waals surface area contributed by atoms with Gasteiger partial charge in [-0.25, -0.2) is 0 Å². The van der Waals surface area contributed by atoms with Gasteiger partial charge in [0.2, 0.25) is 0 Å². The van der Waals surface area contributed by atoms with Gasteiger partial charge in [0.15, 0.2) is 6.10 Å². The minimum absolute atomic E-state index is 0.0899. The van der Waals surface area contributed by atoms with Crippen molar-refractivity contribution in [1.29, 1.82) is 0 Å². The third-order valence-electron chi connectivity index (χ3n) is 12.5. The second kappa shape index (κ2) is 59.6. The summed E-state index contributed by atoms with van der Waals surface area (Å²) in [6.45, 7) is 6.36. The van der Waals surface area contributed by atoms with E-state index in [0.717, 1.165) is 135 Å². The Hall–Kier alpha value is -3.93. The van der Waals surface area contributed by atoms with Gasteiger partial charge in [-0.1, -0.05) is 246 Å². The van der Waals surface area contributed by atoms with Gasteiger partial charge in [-0.15, -0.1) is 0 Å². The van der Waals surface area contributed by atoms with E-state index in [4.69, 9.17) is 14.2 Å². The van der Waals surface area contributed by atoms with Gasteiger partial charge >= 0.3 is 17.9 Å². The Morgan fingerprint density at radius 2 is 0.542 bits per heavy atom. The highest BCUT2D eigenvalue weighted by Crippen LogP contribution is 2.15. The van der Waals surface area contributed by atoms with Crippen LogP contribution in [-0.2, 0) is 28.6 Å². The van der Waals surface area contributed by atoms with E-state index in [0.29, 0.717) is 19.3 Å². The van der Waals surface area contributed by atoms with Crippen molar-refractivity contribution in [3.05, 3.63) is 109 Å². The summed E-state index contributed by atoms with van der Waals surface area (Å²) in [5, 5.41) is 0. The van der Waals surface area contributed by atoms with Gasteiger partial charge in [-0.05, 0) is 116 Å². The molecule has 0 spiro atoms. The van der Waals surface area contributed by atoms with E-state index >= 15 is 0 Å². The molecule has 0 heterocycles. The summed E-state index contributed by atoms with van der Waals surface area (Å²) in [5.41, 5.74) is 0. The monoisotopic (exact) mass is 999 g/mol. The van der Waals surface area contributed by atoms with E-state index < -0.39 is 6.10 Å². The molecule has 0 aromatic heterocycles. The third-order valence-corrected chi connectivity index (χ3v) is 12.5. The molecule has 0 aromatic carbocycles. The predicted octanol–water partition coefficient (Wildman–Crippen LogP) is 20.3. The van der Waals surface area contributed by atoms with E-state index in [1.807, 2.05) is 0 Å². The fourth-order valence-corrected chi connectivity index (χ4v) is 8.05. The zero-order valence-electron chi connectivity index (χ0n) is 46.9. The standard InChI is InChI=1S/C66H110O6/c1-4-7-10-13-16-19-22-25-28-30-31-32-33-34-35-37-38-41-44-47-50-53-56-59-65(68)71-62-63(61-70-64(67)58-55-52-49-46-43-40-27-24-21-18-15-12-9-6-3)72-66(69)60-57-54-51-48-45-42-39-36-29-26-23-20-17-14-11-8-5-2/h7-8,10-11,15-20,24-29,31-32,63H,4-6,9,12-14,21-23,30,33-62H2,1-3H3/b10-7-,11-8-,18-15-,19-16-,20-17-,27-24-,28-25-,29-26-,32-31-. The van der Waals surface area contributed by atoms with E-state index in [-0.39, 0.29) is 31.1 Å². The lowest BCUT2D eigenvalue weighted by Crippen LogP contribution is -2.30. The molecule has 0 aliphatic rings. The summed E-state index contributed by atoms with van der Waals surface area (Å²) >= 11 is 0. The van der Waals surface area contributed by atoms with Gasteiger partial charge < -0.3 is 14.2 Å². The maximum absolute atomic E-state index is 12.9. The minimum Gasteiger partial charge on any atom is -0.462 e. The fourth-order valence-electron chi connectivity index (χ4n) is 8.05. The summed E-state index contributed by atoms with van der Waals surface area (Å²) in [4.78, 5) is 38.2. The van der Waals surface area contributed by atoms with E-state index in [1.54, 1.807) is 0 Å². The number of carbonyl (C=O) groups excluding carboxylic acids is 3. The molecule has 0 radical (unpaired) electrons. The predicted molar refractivity (Wildman–Crippen MR) is 311 cm³/mol.